The lowest BCUT2D eigenvalue weighted by Gasteiger charge is -2.33. The highest BCUT2D eigenvalue weighted by molar-refractivity contribution is 7.99. The van der Waals surface area contributed by atoms with Gasteiger partial charge in [0.25, 0.3) is 5.91 Å². The number of carbonyl (C=O) groups is 3. The topological polar surface area (TPSA) is 91.7 Å². The Kier molecular flexibility index (Phi) is 6.69. The Morgan fingerprint density at radius 2 is 1.85 bits per heavy atom. The molecule has 4 rings (SSSR count). The summed E-state index contributed by atoms with van der Waals surface area (Å²) in [6, 6.07) is 9.32. The van der Waals surface area contributed by atoms with Crippen LogP contribution in [0.25, 0.3) is 0 Å². The lowest BCUT2D eigenvalue weighted by atomic mass is 10.0. The third kappa shape index (κ3) is 4.81. The summed E-state index contributed by atoms with van der Waals surface area (Å²) in [5.74, 6) is -3.55. The Hall–Kier alpha value is -3.66. The van der Waals surface area contributed by atoms with Crippen LogP contribution in [0.2, 0.25) is 0 Å². The van der Waals surface area contributed by atoms with Crippen LogP contribution in [0.1, 0.15) is 24.7 Å². The van der Waals surface area contributed by atoms with E-state index < -0.39 is 46.7 Å². The number of rotatable bonds is 5. The van der Waals surface area contributed by atoms with E-state index in [1.54, 1.807) is 18.2 Å². The van der Waals surface area contributed by atoms with Crippen LogP contribution in [0, 0.1) is 11.6 Å². The first kappa shape index (κ1) is 23.5. The van der Waals surface area contributed by atoms with Crippen LogP contribution >= 0.6 is 11.8 Å². The zero-order valence-corrected chi connectivity index (χ0v) is 19.1. The lowest BCUT2D eigenvalue weighted by molar-refractivity contribution is -0.150. The molecular formula is C24H21F2N3O4S. The first-order valence-electron chi connectivity index (χ1n) is 10.4. The number of fused-ring (bicyclic) bond motifs is 1. The summed E-state index contributed by atoms with van der Waals surface area (Å²) < 4.78 is 32.4. The molecule has 2 N–H and O–H groups in total. The first-order chi connectivity index (χ1) is 16.2. The highest BCUT2D eigenvalue weighted by atomic mass is 32.2. The predicted octanol–water partition coefficient (Wildman–Crippen LogP) is 4.59. The van der Waals surface area contributed by atoms with Gasteiger partial charge in [-0.25, -0.2) is 8.78 Å². The van der Waals surface area contributed by atoms with Crippen molar-refractivity contribution >= 4 is 40.9 Å². The summed E-state index contributed by atoms with van der Waals surface area (Å²) in [7, 11) is 0. The number of amides is 3. The molecule has 10 heteroatoms. The number of benzene rings is 2. The second-order valence-electron chi connectivity index (χ2n) is 7.78. The molecule has 3 amide bonds. The monoisotopic (exact) mass is 485 g/mol. The molecule has 0 radical (unpaired) electrons. The molecule has 176 valence electrons. The van der Waals surface area contributed by atoms with Crippen LogP contribution in [0.15, 0.2) is 70.4 Å². The molecule has 0 unspecified atom stereocenters. The van der Waals surface area contributed by atoms with Gasteiger partial charge in [0.2, 0.25) is 11.8 Å². The fourth-order valence-corrected chi connectivity index (χ4v) is 5.12. The molecule has 0 bridgehead atoms. The van der Waals surface area contributed by atoms with E-state index in [2.05, 4.69) is 10.6 Å². The summed E-state index contributed by atoms with van der Waals surface area (Å²) in [6.07, 6.45) is 2.91. The van der Waals surface area contributed by atoms with Gasteiger partial charge in [0.15, 0.2) is 0 Å². The average molecular weight is 486 g/mol. The number of imide groups is 1. The van der Waals surface area contributed by atoms with Crippen LogP contribution in [0.4, 0.5) is 20.2 Å². The summed E-state index contributed by atoms with van der Waals surface area (Å²) in [4.78, 5) is 41.2. The number of halogens is 2. The maximum absolute atomic E-state index is 13.6. The summed E-state index contributed by atoms with van der Waals surface area (Å²) in [5, 5.41) is 4.86. The molecule has 0 saturated heterocycles. The predicted molar refractivity (Wildman–Crippen MR) is 123 cm³/mol. The maximum Gasteiger partial charge on any atom is 0.252 e. The molecule has 0 spiro atoms. The number of para-hydroxylation sites is 1. The average Bonchev–Trinajstić information content (AvgIpc) is 3.25. The molecule has 2 heterocycles. The second-order valence-corrected chi connectivity index (χ2v) is 8.96. The Balaban J connectivity index is 1.70. The first-order valence-corrected chi connectivity index (χ1v) is 11.3. The van der Waals surface area contributed by atoms with Crippen molar-refractivity contribution in [3.63, 3.8) is 0 Å². The lowest BCUT2D eigenvalue weighted by Crippen LogP contribution is -2.55. The minimum Gasteiger partial charge on any atom is -0.472 e. The van der Waals surface area contributed by atoms with Crippen LogP contribution in [-0.2, 0) is 14.4 Å². The van der Waals surface area contributed by atoms with Crippen LogP contribution < -0.4 is 10.6 Å². The van der Waals surface area contributed by atoms with Crippen molar-refractivity contribution in [1.82, 2.24) is 4.90 Å². The van der Waals surface area contributed by atoms with Gasteiger partial charge in [-0.3, -0.25) is 19.3 Å². The highest BCUT2D eigenvalue weighted by Crippen LogP contribution is 2.45. The quantitative estimate of drug-likeness (QED) is 0.550. The number of nitrogens with one attached hydrogen (secondary N) is 2. The van der Waals surface area contributed by atoms with Gasteiger partial charge in [0.1, 0.15) is 23.7 Å². The largest absolute Gasteiger partial charge is 0.472 e. The van der Waals surface area contributed by atoms with E-state index in [0.717, 1.165) is 21.9 Å². The molecule has 2 aromatic carbocycles. The number of carbonyl (C=O) groups excluding carboxylic acids is 3. The molecule has 0 fully saturated rings. The molecule has 0 aliphatic carbocycles. The molecule has 3 aromatic rings. The van der Waals surface area contributed by atoms with Crippen LogP contribution in [0.3, 0.4) is 0 Å². The van der Waals surface area contributed by atoms with E-state index in [1.807, 2.05) is 12.1 Å². The minimum absolute atomic E-state index is 0.0281. The second kappa shape index (κ2) is 9.68. The molecule has 7 nitrogen and oxygen atoms in total. The Labute approximate surface area is 198 Å². The van der Waals surface area contributed by atoms with Crippen molar-refractivity contribution in [1.29, 1.82) is 0 Å². The molecule has 3 atom stereocenters. The Morgan fingerprint density at radius 1 is 1.15 bits per heavy atom. The van der Waals surface area contributed by atoms with E-state index >= 15 is 0 Å². The van der Waals surface area contributed by atoms with Gasteiger partial charge in [-0.15, -0.1) is 11.8 Å². The summed E-state index contributed by atoms with van der Waals surface area (Å²) in [5.41, 5.74) is 1.21. The zero-order valence-electron chi connectivity index (χ0n) is 18.2. The van der Waals surface area contributed by atoms with Crippen molar-refractivity contribution in [2.24, 2.45) is 0 Å². The van der Waals surface area contributed by atoms with Gasteiger partial charge in [-0.1, -0.05) is 12.1 Å². The summed E-state index contributed by atoms with van der Waals surface area (Å²) in [6.45, 7) is 2.64. The van der Waals surface area contributed by atoms with E-state index in [0.29, 0.717) is 17.3 Å². The molecular weight excluding hydrogens is 464 g/mol. The van der Waals surface area contributed by atoms with Crippen LogP contribution in [-0.4, -0.2) is 34.7 Å². The maximum atomic E-state index is 13.6. The van der Waals surface area contributed by atoms with Crippen molar-refractivity contribution in [2.75, 3.05) is 10.6 Å². The van der Waals surface area contributed by atoms with Gasteiger partial charge < -0.3 is 15.1 Å². The molecule has 34 heavy (non-hydrogen) atoms. The minimum atomic E-state index is -1.21. The number of hydrogen-bond donors (Lipinski definition) is 2. The van der Waals surface area contributed by atoms with Crippen molar-refractivity contribution in [3.8, 4) is 0 Å². The molecule has 1 aliphatic heterocycles. The van der Waals surface area contributed by atoms with Gasteiger partial charge in [0.05, 0.1) is 23.5 Å². The van der Waals surface area contributed by atoms with E-state index in [1.165, 1.54) is 38.1 Å². The zero-order chi connectivity index (χ0) is 24.4. The van der Waals surface area contributed by atoms with Crippen molar-refractivity contribution in [2.45, 2.75) is 36.1 Å². The standard InChI is InChI=1S/C24H21F2N3O4S/c1-13(27-18-10-16(25)9-17(26)11-18)24(32)29(14(2)30)21-22(15-7-8-33-12-15)34-20-6-4-3-5-19(20)28-23(21)31/h3-13,21-22,27H,1-2H3,(H,28,31)/t13-,21-,22-/m0/s1. The van der Waals surface area contributed by atoms with Crippen molar-refractivity contribution in [3.05, 3.63) is 78.3 Å². The Bertz CT molecular complexity index is 1210. The third-order valence-corrected chi connectivity index (χ3v) is 6.69. The number of thioether (sulfide) groups is 1. The van der Waals surface area contributed by atoms with Crippen LogP contribution in [0.5, 0.6) is 0 Å². The van der Waals surface area contributed by atoms with Gasteiger partial charge in [0, 0.05) is 29.1 Å². The number of hydrogen-bond acceptors (Lipinski definition) is 6. The number of furan rings is 1. The van der Waals surface area contributed by atoms with Gasteiger partial charge in [-0.2, -0.15) is 0 Å². The van der Waals surface area contributed by atoms with E-state index in [-0.39, 0.29) is 5.69 Å². The highest BCUT2D eigenvalue weighted by Gasteiger charge is 2.44. The molecule has 1 aliphatic rings. The molecule has 0 saturated carbocycles. The third-order valence-electron chi connectivity index (χ3n) is 5.30. The summed E-state index contributed by atoms with van der Waals surface area (Å²) >= 11 is 1.32. The Morgan fingerprint density at radius 3 is 2.50 bits per heavy atom. The molecule has 1 aromatic heterocycles. The van der Waals surface area contributed by atoms with Gasteiger partial charge >= 0.3 is 0 Å². The SMILES string of the molecule is CC(=O)N(C(=O)[C@H](C)Nc1cc(F)cc(F)c1)[C@@H]1C(=O)Nc2ccccc2S[C@H]1c1ccoc1. The number of anilines is 2. The smallest absolute Gasteiger partial charge is 0.252 e. The van der Waals surface area contributed by atoms with Crippen molar-refractivity contribution < 1.29 is 27.6 Å². The number of nitrogens with zero attached hydrogens (tertiary/aromatic N) is 1. The fourth-order valence-electron chi connectivity index (χ4n) is 3.80. The normalized spacial score (nSPS) is 18.3. The van der Waals surface area contributed by atoms with E-state index in [9.17, 15) is 23.2 Å². The van der Waals surface area contributed by atoms with Gasteiger partial charge in [-0.05, 0) is 37.3 Å². The fraction of sp³-hybridized carbons (Fsp3) is 0.208. The van der Waals surface area contributed by atoms with E-state index in [4.69, 9.17) is 4.42 Å².